The number of imidazole rings is 1. The molecule has 0 aliphatic rings. The summed E-state index contributed by atoms with van der Waals surface area (Å²) in [4.78, 5) is 4.13. The fourth-order valence-electron chi connectivity index (χ4n) is 1.63. The van der Waals surface area contributed by atoms with E-state index in [2.05, 4.69) is 11.6 Å². The van der Waals surface area contributed by atoms with E-state index in [4.69, 9.17) is 0 Å². The standard InChI is InChI=1S/C11H12N2O2S/c1-3-8-16(14,15)11-12-9-6-4-5-7-10(9)13(11)2/h3-7H,1,8H2,2H3. The van der Waals surface area contributed by atoms with Crippen molar-refractivity contribution in [3.63, 3.8) is 0 Å². The number of hydrogen-bond donors (Lipinski definition) is 0. The molecular formula is C11H12N2O2S. The summed E-state index contributed by atoms with van der Waals surface area (Å²) in [5.41, 5.74) is 1.50. The molecule has 0 atom stereocenters. The van der Waals surface area contributed by atoms with Crippen LogP contribution in [0.1, 0.15) is 0 Å². The van der Waals surface area contributed by atoms with E-state index in [0.717, 1.165) is 5.52 Å². The molecule has 0 amide bonds. The molecule has 2 rings (SSSR count). The highest BCUT2D eigenvalue weighted by Crippen LogP contribution is 2.18. The van der Waals surface area contributed by atoms with Gasteiger partial charge in [0.25, 0.3) is 0 Å². The van der Waals surface area contributed by atoms with E-state index < -0.39 is 9.84 Å². The maximum atomic E-state index is 11.9. The maximum Gasteiger partial charge on any atom is 0.228 e. The Morgan fingerprint density at radius 3 is 2.75 bits per heavy atom. The van der Waals surface area contributed by atoms with Gasteiger partial charge in [-0.2, -0.15) is 0 Å². The lowest BCUT2D eigenvalue weighted by atomic mass is 10.3. The molecule has 0 radical (unpaired) electrons. The molecule has 0 saturated carbocycles. The molecule has 16 heavy (non-hydrogen) atoms. The maximum absolute atomic E-state index is 11.9. The van der Waals surface area contributed by atoms with Crippen LogP contribution < -0.4 is 0 Å². The Morgan fingerprint density at radius 2 is 2.12 bits per heavy atom. The molecule has 0 fully saturated rings. The van der Waals surface area contributed by atoms with Gasteiger partial charge in [-0.3, -0.25) is 0 Å². The summed E-state index contributed by atoms with van der Waals surface area (Å²) in [7, 11) is -1.67. The average molecular weight is 236 g/mol. The molecule has 0 aliphatic heterocycles. The molecule has 2 aromatic rings. The molecule has 4 nitrogen and oxygen atoms in total. The topological polar surface area (TPSA) is 52.0 Å². The number of fused-ring (bicyclic) bond motifs is 1. The Bertz CT molecular complexity index is 641. The van der Waals surface area contributed by atoms with Crippen molar-refractivity contribution in [2.45, 2.75) is 5.16 Å². The van der Waals surface area contributed by atoms with Crippen molar-refractivity contribution < 1.29 is 8.42 Å². The van der Waals surface area contributed by atoms with E-state index in [1.807, 2.05) is 18.2 Å². The van der Waals surface area contributed by atoms with Crippen LogP contribution in [0.25, 0.3) is 11.0 Å². The van der Waals surface area contributed by atoms with Crippen LogP contribution in [-0.4, -0.2) is 23.7 Å². The molecule has 84 valence electrons. The fraction of sp³-hybridized carbons (Fsp3) is 0.182. The van der Waals surface area contributed by atoms with Gasteiger partial charge in [-0.1, -0.05) is 18.2 Å². The average Bonchev–Trinajstić information content (AvgIpc) is 2.58. The van der Waals surface area contributed by atoms with Gasteiger partial charge in [0.2, 0.25) is 15.0 Å². The third-order valence-corrected chi connectivity index (χ3v) is 3.96. The summed E-state index contributed by atoms with van der Waals surface area (Å²) in [6, 6.07) is 7.32. The third kappa shape index (κ3) is 1.63. The number of aryl methyl sites for hydroxylation is 1. The Hall–Kier alpha value is -1.62. The number of nitrogens with zero attached hydrogens (tertiary/aromatic N) is 2. The van der Waals surface area contributed by atoms with Crippen molar-refractivity contribution >= 4 is 20.9 Å². The van der Waals surface area contributed by atoms with Crippen molar-refractivity contribution in [2.75, 3.05) is 5.75 Å². The van der Waals surface area contributed by atoms with E-state index in [-0.39, 0.29) is 10.9 Å². The zero-order valence-electron chi connectivity index (χ0n) is 8.92. The normalized spacial score (nSPS) is 11.8. The molecule has 1 aromatic carbocycles. The monoisotopic (exact) mass is 236 g/mol. The number of hydrogen-bond acceptors (Lipinski definition) is 3. The Balaban J connectivity index is 2.71. The predicted molar refractivity (Wildman–Crippen MR) is 63.0 cm³/mol. The van der Waals surface area contributed by atoms with Gasteiger partial charge < -0.3 is 4.57 Å². The molecule has 1 aromatic heterocycles. The zero-order chi connectivity index (χ0) is 11.8. The molecule has 0 aliphatic carbocycles. The van der Waals surface area contributed by atoms with Crippen LogP contribution in [0.15, 0.2) is 42.1 Å². The summed E-state index contributed by atoms with van der Waals surface area (Å²) in [5, 5.41) is 0.0913. The minimum absolute atomic E-state index is 0.0913. The van der Waals surface area contributed by atoms with Crippen LogP contribution in [0.2, 0.25) is 0 Å². The molecule has 0 saturated heterocycles. The van der Waals surface area contributed by atoms with Gasteiger partial charge in [-0.05, 0) is 12.1 Å². The second kappa shape index (κ2) is 3.75. The van der Waals surface area contributed by atoms with Crippen LogP contribution in [0.4, 0.5) is 0 Å². The van der Waals surface area contributed by atoms with Crippen molar-refractivity contribution in [1.82, 2.24) is 9.55 Å². The molecule has 0 bridgehead atoms. The Kier molecular flexibility index (Phi) is 2.55. The second-order valence-electron chi connectivity index (χ2n) is 3.51. The van der Waals surface area contributed by atoms with Gasteiger partial charge in [-0.25, -0.2) is 13.4 Å². The number of para-hydroxylation sites is 2. The van der Waals surface area contributed by atoms with E-state index in [1.165, 1.54) is 6.08 Å². The van der Waals surface area contributed by atoms with E-state index in [0.29, 0.717) is 5.52 Å². The van der Waals surface area contributed by atoms with Crippen molar-refractivity contribution in [2.24, 2.45) is 7.05 Å². The molecule has 0 unspecified atom stereocenters. The minimum Gasteiger partial charge on any atom is -0.318 e. The second-order valence-corrected chi connectivity index (χ2v) is 5.44. The molecule has 0 spiro atoms. The molecule has 0 N–H and O–H groups in total. The predicted octanol–water partition coefficient (Wildman–Crippen LogP) is 1.53. The zero-order valence-corrected chi connectivity index (χ0v) is 9.74. The summed E-state index contributed by atoms with van der Waals surface area (Å²) in [5.74, 6) is -0.0931. The molecule has 5 heteroatoms. The number of aromatic nitrogens is 2. The summed E-state index contributed by atoms with van der Waals surface area (Å²) < 4.78 is 25.3. The lowest BCUT2D eigenvalue weighted by Gasteiger charge is -2.01. The van der Waals surface area contributed by atoms with Gasteiger partial charge >= 0.3 is 0 Å². The van der Waals surface area contributed by atoms with Crippen LogP contribution in [-0.2, 0) is 16.9 Å². The quantitative estimate of drug-likeness (QED) is 0.759. The van der Waals surface area contributed by atoms with Crippen LogP contribution in [0.3, 0.4) is 0 Å². The Morgan fingerprint density at radius 1 is 1.44 bits per heavy atom. The van der Waals surface area contributed by atoms with Crippen LogP contribution in [0.5, 0.6) is 0 Å². The summed E-state index contributed by atoms with van der Waals surface area (Å²) in [6.45, 7) is 3.44. The fourth-order valence-corrected chi connectivity index (χ4v) is 2.84. The van der Waals surface area contributed by atoms with E-state index in [9.17, 15) is 8.42 Å². The Labute approximate surface area is 94.1 Å². The summed E-state index contributed by atoms with van der Waals surface area (Å²) >= 11 is 0. The lowest BCUT2D eigenvalue weighted by Crippen LogP contribution is -2.10. The number of sulfone groups is 1. The highest BCUT2D eigenvalue weighted by molar-refractivity contribution is 7.91. The van der Waals surface area contributed by atoms with Crippen molar-refractivity contribution in [3.05, 3.63) is 36.9 Å². The first-order valence-corrected chi connectivity index (χ1v) is 6.46. The highest BCUT2D eigenvalue weighted by atomic mass is 32.2. The highest BCUT2D eigenvalue weighted by Gasteiger charge is 2.20. The first kappa shape index (κ1) is 10.9. The van der Waals surface area contributed by atoms with Crippen molar-refractivity contribution in [1.29, 1.82) is 0 Å². The lowest BCUT2D eigenvalue weighted by molar-refractivity contribution is 0.584. The van der Waals surface area contributed by atoms with Gasteiger partial charge in [0.05, 0.1) is 16.8 Å². The van der Waals surface area contributed by atoms with Gasteiger partial charge in [0, 0.05) is 7.05 Å². The number of rotatable bonds is 3. The smallest absolute Gasteiger partial charge is 0.228 e. The van der Waals surface area contributed by atoms with E-state index >= 15 is 0 Å². The van der Waals surface area contributed by atoms with Gasteiger partial charge in [-0.15, -0.1) is 6.58 Å². The molecule has 1 heterocycles. The molecular weight excluding hydrogens is 224 g/mol. The summed E-state index contributed by atoms with van der Waals surface area (Å²) in [6.07, 6.45) is 1.37. The first-order valence-electron chi connectivity index (χ1n) is 4.81. The van der Waals surface area contributed by atoms with E-state index in [1.54, 1.807) is 17.7 Å². The number of benzene rings is 1. The largest absolute Gasteiger partial charge is 0.318 e. The van der Waals surface area contributed by atoms with Gasteiger partial charge in [0.1, 0.15) is 0 Å². The minimum atomic E-state index is -3.37. The van der Waals surface area contributed by atoms with Crippen molar-refractivity contribution in [3.8, 4) is 0 Å². The van der Waals surface area contributed by atoms with Crippen LogP contribution in [0, 0.1) is 0 Å². The SMILES string of the molecule is C=CCS(=O)(=O)c1nc2ccccc2n1C. The first-order chi connectivity index (χ1) is 7.56. The van der Waals surface area contributed by atoms with Gasteiger partial charge in [0.15, 0.2) is 0 Å². The third-order valence-electron chi connectivity index (χ3n) is 2.36. The van der Waals surface area contributed by atoms with Crippen LogP contribution >= 0.6 is 0 Å².